The molecule has 8 nitrogen and oxygen atoms in total. The molecule has 5 rings (SSSR count). The molecule has 2 fully saturated rings. The lowest BCUT2D eigenvalue weighted by molar-refractivity contribution is -0.135. The molecule has 2 aliphatic rings. The van der Waals surface area contributed by atoms with Gasteiger partial charge in [-0.05, 0) is 80.9 Å². The fraction of sp³-hybridized carbons (Fsp3) is 0.414. The topological polar surface area (TPSA) is 82.5 Å². The lowest BCUT2D eigenvalue weighted by Gasteiger charge is -2.34. The summed E-state index contributed by atoms with van der Waals surface area (Å²) in [6.07, 6.45) is 5.90. The minimum absolute atomic E-state index is 0.0183. The van der Waals surface area contributed by atoms with Gasteiger partial charge in [0.25, 0.3) is 5.91 Å². The van der Waals surface area contributed by atoms with Crippen LogP contribution in [-0.4, -0.2) is 83.2 Å². The molecule has 3 atom stereocenters. The maximum atomic E-state index is 13.4. The van der Waals surface area contributed by atoms with Gasteiger partial charge in [0, 0.05) is 56.1 Å². The first-order chi connectivity index (χ1) is 18.5. The molecule has 2 amide bonds. The van der Waals surface area contributed by atoms with Crippen molar-refractivity contribution in [2.75, 3.05) is 39.8 Å². The maximum absolute atomic E-state index is 13.4. The van der Waals surface area contributed by atoms with Gasteiger partial charge in [0.15, 0.2) is 0 Å². The zero-order chi connectivity index (χ0) is 26.5. The predicted molar refractivity (Wildman–Crippen MR) is 144 cm³/mol. The number of rotatable bonds is 10. The fourth-order valence-corrected chi connectivity index (χ4v) is 5.03. The molecule has 200 valence electrons. The van der Waals surface area contributed by atoms with Gasteiger partial charge in [-0.2, -0.15) is 5.10 Å². The van der Waals surface area contributed by atoms with Crippen molar-refractivity contribution in [2.45, 2.75) is 37.3 Å². The van der Waals surface area contributed by atoms with Crippen LogP contribution in [0.2, 0.25) is 0 Å². The van der Waals surface area contributed by atoms with Crippen LogP contribution < -0.4 is 10.6 Å². The lowest BCUT2D eigenvalue weighted by Crippen LogP contribution is -2.54. The number of hydrogen-bond acceptors (Lipinski definition) is 5. The molecule has 1 aliphatic heterocycles. The average molecular weight is 519 g/mol. The van der Waals surface area contributed by atoms with Crippen molar-refractivity contribution < 1.29 is 14.0 Å². The maximum Gasteiger partial charge on any atom is 0.251 e. The number of nitrogens with one attached hydrogen (secondary N) is 2. The third-order valence-electron chi connectivity index (χ3n) is 7.48. The standard InChI is InChI=1S/C29H35FN6O2/c1-34-16-18-35(19-17-34)29(38)26(4-2-13-31-27-20-25(27)21-5-9-23(30)10-6-21)33-28(37)22-7-11-24(12-8-22)36-15-3-14-32-36/h3,5-12,14-15,25-27,31H,2,4,13,16-20H2,1H3,(H,33,37)/t25-,26?,27+/m0/s1. The predicted octanol–water partition coefficient (Wildman–Crippen LogP) is 2.81. The molecule has 2 aromatic carbocycles. The molecule has 9 heteroatoms. The molecule has 1 unspecified atom stereocenters. The van der Waals surface area contributed by atoms with E-state index < -0.39 is 6.04 Å². The van der Waals surface area contributed by atoms with Crippen LogP contribution in [0, 0.1) is 5.82 Å². The number of nitrogens with zero attached hydrogens (tertiary/aromatic N) is 4. The molecule has 1 aliphatic carbocycles. The first-order valence-corrected chi connectivity index (χ1v) is 13.3. The van der Waals surface area contributed by atoms with E-state index in [1.54, 1.807) is 23.0 Å². The minimum atomic E-state index is -0.578. The van der Waals surface area contributed by atoms with Gasteiger partial charge in [-0.1, -0.05) is 12.1 Å². The summed E-state index contributed by atoms with van der Waals surface area (Å²) in [7, 11) is 2.05. The highest BCUT2D eigenvalue weighted by atomic mass is 19.1. The van der Waals surface area contributed by atoms with E-state index >= 15 is 0 Å². The molecule has 1 aromatic heterocycles. The van der Waals surface area contributed by atoms with E-state index in [4.69, 9.17) is 0 Å². The van der Waals surface area contributed by atoms with E-state index in [1.807, 2.05) is 41.4 Å². The molecule has 2 N–H and O–H groups in total. The van der Waals surface area contributed by atoms with Crippen LogP contribution in [0.3, 0.4) is 0 Å². The first-order valence-electron chi connectivity index (χ1n) is 13.3. The van der Waals surface area contributed by atoms with Crippen LogP contribution >= 0.6 is 0 Å². The van der Waals surface area contributed by atoms with Crippen molar-refractivity contribution in [3.05, 3.63) is 83.9 Å². The second kappa shape index (κ2) is 11.9. The van der Waals surface area contributed by atoms with E-state index in [0.29, 0.717) is 37.0 Å². The Balaban J connectivity index is 1.16. The quantitative estimate of drug-likeness (QED) is 0.404. The van der Waals surface area contributed by atoms with E-state index in [2.05, 4.69) is 27.7 Å². The largest absolute Gasteiger partial charge is 0.340 e. The molecular weight excluding hydrogens is 483 g/mol. The van der Waals surface area contributed by atoms with E-state index in [9.17, 15) is 14.0 Å². The zero-order valence-electron chi connectivity index (χ0n) is 21.7. The van der Waals surface area contributed by atoms with E-state index in [1.165, 1.54) is 12.1 Å². The molecule has 0 radical (unpaired) electrons. The van der Waals surface area contributed by atoms with Crippen LogP contribution in [0.1, 0.15) is 41.1 Å². The van der Waals surface area contributed by atoms with Crippen molar-refractivity contribution in [3.63, 3.8) is 0 Å². The van der Waals surface area contributed by atoms with Crippen LogP contribution in [0.15, 0.2) is 67.0 Å². The average Bonchev–Trinajstić information content (AvgIpc) is 3.49. The Morgan fingerprint density at radius 2 is 1.79 bits per heavy atom. The summed E-state index contributed by atoms with van der Waals surface area (Å²) >= 11 is 0. The van der Waals surface area contributed by atoms with E-state index in [-0.39, 0.29) is 17.6 Å². The molecular formula is C29H35FN6O2. The molecule has 1 saturated heterocycles. The monoisotopic (exact) mass is 518 g/mol. The molecule has 0 spiro atoms. The van der Waals surface area contributed by atoms with Crippen molar-refractivity contribution in [1.29, 1.82) is 0 Å². The molecule has 2 heterocycles. The number of carbonyl (C=O) groups is 2. The summed E-state index contributed by atoms with van der Waals surface area (Å²) in [4.78, 5) is 30.6. The summed E-state index contributed by atoms with van der Waals surface area (Å²) in [6, 6.07) is 15.6. The SMILES string of the molecule is CN1CCN(C(=O)C(CCCN[C@@H]2C[C@H]2c2ccc(F)cc2)NC(=O)c2ccc(-n3cccn3)cc2)CC1. The number of amides is 2. The summed E-state index contributed by atoms with van der Waals surface area (Å²) in [5.41, 5.74) is 2.52. The third-order valence-corrected chi connectivity index (χ3v) is 7.48. The first kappa shape index (κ1) is 26.1. The van der Waals surface area contributed by atoms with Gasteiger partial charge in [0.2, 0.25) is 5.91 Å². The van der Waals surface area contributed by atoms with Crippen molar-refractivity contribution >= 4 is 11.8 Å². The summed E-state index contributed by atoms with van der Waals surface area (Å²) < 4.78 is 14.9. The number of carbonyl (C=O) groups excluding carboxylic acids is 2. The molecule has 38 heavy (non-hydrogen) atoms. The Bertz CT molecular complexity index is 1210. The normalized spacial score (nSPS) is 20.2. The highest BCUT2D eigenvalue weighted by molar-refractivity contribution is 5.97. The van der Waals surface area contributed by atoms with Gasteiger partial charge in [-0.3, -0.25) is 9.59 Å². The highest BCUT2D eigenvalue weighted by Gasteiger charge is 2.37. The van der Waals surface area contributed by atoms with Gasteiger partial charge >= 0.3 is 0 Å². The van der Waals surface area contributed by atoms with Gasteiger partial charge in [-0.15, -0.1) is 0 Å². The minimum Gasteiger partial charge on any atom is -0.340 e. The van der Waals surface area contributed by atoms with Crippen molar-refractivity contribution in [2.24, 2.45) is 0 Å². The Morgan fingerprint density at radius 1 is 1.05 bits per heavy atom. The number of piperazine rings is 1. The van der Waals surface area contributed by atoms with Crippen LogP contribution in [0.5, 0.6) is 0 Å². The Morgan fingerprint density at radius 3 is 2.47 bits per heavy atom. The van der Waals surface area contributed by atoms with Crippen LogP contribution in [-0.2, 0) is 4.79 Å². The number of halogens is 1. The van der Waals surface area contributed by atoms with Gasteiger partial charge in [0.1, 0.15) is 11.9 Å². The van der Waals surface area contributed by atoms with E-state index in [0.717, 1.165) is 43.7 Å². The Hall–Kier alpha value is -3.56. The second-order valence-corrected chi connectivity index (χ2v) is 10.2. The summed E-state index contributed by atoms with van der Waals surface area (Å²) in [5, 5.41) is 10.8. The summed E-state index contributed by atoms with van der Waals surface area (Å²) in [6.45, 7) is 3.74. The molecule has 3 aromatic rings. The lowest BCUT2D eigenvalue weighted by atomic mass is 10.1. The van der Waals surface area contributed by atoms with Crippen LogP contribution in [0.25, 0.3) is 5.69 Å². The van der Waals surface area contributed by atoms with Gasteiger partial charge in [-0.25, -0.2) is 9.07 Å². The highest BCUT2D eigenvalue weighted by Crippen LogP contribution is 2.40. The zero-order valence-corrected chi connectivity index (χ0v) is 21.7. The van der Waals surface area contributed by atoms with Crippen molar-refractivity contribution in [1.82, 2.24) is 30.2 Å². The fourth-order valence-electron chi connectivity index (χ4n) is 5.03. The van der Waals surface area contributed by atoms with Crippen molar-refractivity contribution in [3.8, 4) is 5.69 Å². The summed E-state index contributed by atoms with van der Waals surface area (Å²) in [5.74, 6) is -0.0834. The van der Waals surface area contributed by atoms with Crippen LogP contribution in [0.4, 0.5) is 4.39 Å². The van der Waals surface area contributed by atoms with Gasteiger partial charge in [0.05, 0.1) is 5.69 Å². The Kier molecular flexibility index (Phi) is 8.14. The molecule has 1 saturated carbocycles. The number of benzene rings is 2. The number of likely N-dealkylation sites (N-methyl/N-ethyl adjacent to an activating group) is 1. The molecule has 0 bridgehead atoms. The third kappa shape index (κ3) is 6.46. The smallest absolute Gasteiger partial charge is 0.251 e. The number of aromatic nitrogens is 2. The Labute approximate surface area is 222 Å². The number of hydrogen-bond donors (Lipinski definition) is 2. The second-order valence-electron chi connectivity index (χ2n) is 10.2. The van der Waals surface area contributed by atoms with Gasteiger partial charge < -0.3 is 20.4 Å².